The zero-order chi connectivity index (χ0) is 13.0. The molecule has 0 amide bonds. The molecule has 96 valence electrons. The smallest absolute Gasteiger partial charge is 0.0739 e. The van der Waals surface area contributed by atoms with Crippen LogP contribution in [0.1, 0.15) is 17.5 Å². The van der Waals surface area contributed by atoms with Crippen molar-refractivity contribution in [3.8, 4) is 0 Å². The molecule has 0 bridgehead atoms. The lowest BCUT2D eigenvalue weighted by atomic mass is 10.1. The second kappa shape index (κ2) is 7.60. The van der Waals surface area contributed by atoms with E-state index in [1.807, 2.05) is 6.92 Å². The summed E-state index contributed by atoms with van der Waals surface area (Å²) >= 11 is 14.2. The zero-order valence-corrected chi connectivity index (χ0v) is 15.5. The highest BCUT2D eigenvalue weighted by Crippen LogP contribution is 2.41. The van der Waals surface area contributed by atoms with Gasteiger partial charge >= 0.3 is 0 Å². The van der Waals surface area contributed by atoms with Crippen molar-refractivity contribution in [3.63, 3.8) is 0 Å². The van der Waals surface area contributed by atoms with Gasteiger partial charge in [0, 0.05) is 36.7 Å². The number of hydrogen-bond donors (Lipinski definition) is 1. The fourth-order valence-electron chi connectivity index (χ4n) is 1.25. The van der Waals surface area contributed by atoms with Gasteiger partial charge in [-0.3, -0.25) is 0 Å². The van der Waals surface area contributed by atoms with Crippen LogP contribution in [0.15, 0.2) is 17.9 Å². The molecule has 0 heterocycles. The van der Waals surface area contributed by atoms with Gasteiger partial charge in [-0.2, -0.15) is 0 Å². The minimum atomic E-state index is 0.156. The Bertz CT molecular complexity index is 378. The van der Waals surface area contributed by atoms with Gasteiger partial charge in [0.1, 0.15) is 0 Å². The third-order valence-electron chi connectivity index (χ3n) is 2.27. The summed E-state index contributed by atoms with van der Waals surface area (Å²) in [6.45, 7) is 3.24. The molecule has 1 rings (SSSR count). The summed E-state index contributed by atoms with van der Waals surface area (Å²) in [6.07, 6.45) is 0.656. The van der Waals surface area contributed by atoms with Crippen LogP contribution in [0.2, 0.25) is 0 Å². The molecular weight excluding hydrogens is 484 g/mol. The number of aliphatic hydroxyl groups excluding tert-OH is 1. The molecule has 0 fully saturated rings. The Kier molecular flexibility index (Phi) is 7.21. The second-order valence-electron chi connectivity index (χ2n) is 3.49. The minimum absolute atomic E-state index is 0.156. The van der Waals surface area contributed by atoms with Crippen molar-refractivity contribution < 1.29 is 9.84 Å². The van der Waals surface area contributed by atoms with Gasteiger partial charge in [-0.25, -0.2) is 0 Å². The highest BCUT2D eigenvalue weighted by Gasteiger charge is 2.16. The number of halogens is 4. The van der Waals surface area contributed by atoms with Gasteiger partial charge in [-0.05, 0) is 82.6 Å². The lowest BCUT2D eigenvalue weighted by Gasteiger charge is -2.14. The van der Waals surface area contributed by atoms with Crippen LogP contribution in [0.5, 0.6) is 0 Å². The summed E-state index contributed by atoms with van der Waals surface area (Å²) in [6, 6.07) is 0. The van der Waals surface area contributed by atoms with Crippen LogP contribution < -0.4 is 0 Å². The van der Waals surface area contributed by atoms with Gasteiger partial charge in [0.15, 0.2) is 0 Å². The van der Waals surface area contributed by atoms with Crippen molar-refractivity contribution in [1.29, 1.82) is 0 Å². The molecular formula is C11H12Br4O2. The molecule has 6 heteroatoms. The van der Waals surface area contributed by atoms with E-state index in [0.717, 1.165) is 29.0 Å². The lowest BCUT2D eigenvalue weighted by Crippen LogP contribution is -2.01. The summed E-state index contributed by atoms with van der Waals surface area (Å²) in [5.74, 6) is 0. The molecule has 0 unspecified atom stereocenters. The zero-order valence-electron chi connectivity index (χ0n) is 9.20. The van der Waals surface area contributed by atoms with E-state index in [9.17, 15) is 0 Å². The normalized spacial score (nSPS) is 10.9. The molecule has 1 N–H and O–H groups in total. The van der Waals surface area contributed by atoms with Crippen LogP contribution in [-0.2, 0) is 11.3 Å². The maximum absolute atomic E-state index is 8.68. The largest absolute Gasteiger partial charge is 0.396 e. The average molecular weight is 496 g/mol. The van der Waals surface area contributed by atoms with Crippen LogP contribution in [0.3, 0.4) is 0 Å². The molecule has 0 aromatic heterocycles. The molecule has 0 saturated heterocycles. The molecule has 0 radical (unpaired) electrons. The van der Waals surface area contributed by atoms with E-state index in [1.54, 1.807) is 0 Å². The Morgan fingerprint density at radius 2 is 1.53 bits per heavy atom. The maximum Gasteiger partial charge on any atom is 0.0739 e. The standard InChI is InChI=1S/C11H12Br4O2/c1-6-8(12)10(14)7(11(15)9(6)13)5-17-4-2-3-16/h16H,2-5H2,1H3. The van der Waals surface area contributed by atoms with Crippen LogP contribution in [0.25, 0.3) is 0 Å². The van der Waals surface area contributed by atoms with Gasteiger partial charge in [0.2, 0.25) is 0 Å². The fraction of sp³-hybridized carbons (Fsp3) is 0.455. The number of benzene rings is 1. The number of rotatable bonds is 5. The highest BCUT2D eigenvalue weighted by atomic mass is 79.9. The molecule has 0 saturated carbocycles. The molecule has 0 aliphatic rings. The van der Waals surface area contributed by atoms with E-state index in [0.29, 0.717) is 19.6 Å². The first-order valence-corrected chi connectivity index (χ1v) is 8.18. The van der Waals surface area contributed by atoms with E-state index < -0.39 is 0 Å². The van der Waals surface area contributed by atoms with Gasteiger partial charge in [0.05, 0.1) is 6.61 Å². The van der Waals surface area contributed by atoms with Gasteiger partial charge < -0.3 is 9.84 Å². The Balaban J connectivity index is 2.92. The molecule has 0 atom stereocenters. The first-order valence-electron chi connectivity index (χ1n) is 5.00. The van der Waals surface area contributed by atoms with Crippen LogP contribution in [0.4, 0.5) is 0 Å². The van der Waals surface area contributed by atoms with Gasteiger partial charge in [-0.15, -0.1) is 0 Å². The maximum atomic E-state index is 8.68. The Labute approximate surface area is 135 Å². The Hall–Kier alpha value is 1.06. The third kappa shape index (κ3) is 4.01. The van der Waals surface area contributed by atoms with Crippen LogP contribution in [0, 0.1) is 6.92 Å². The first-order chi connectivity index (χ1) is 8.00. The van der Waals surface area contributed by atoms with Crippen molar-refractivity contribution in [2.75, 3.05) is 13.2 Å². The van der Waals surface area contributed by atoms with Crippen molar-refractivity contribution in [2.24, 2.45) is 0 Å². The lowest BCUT2D eigenvalue weighted by molar-refractivity contribution is 0.103. The predicted octanol–water partition coefficient (Wildman–Crippen LogP) is 4.94. The molecule has 17 heavy (non-hydrogen) atoms. The second-order valence-corrected chi connectivity index (χ2v) is 6.66. The summed E-state index contributed by atoms with van der Waals surface area (Å²) in [5.41, 5.74) is 2.18. The predicted molar refractivity (Wildman–Crippen MR) is 83.3 cm³/mol. The summed E-state index contributed by atoms with van der Waals surface area (Å²) in [5, 5.41) is 8.68. The SMILES string of the molecule is Cc1c(Br)c(Br)c(COCCCO)c(Br)c1Br. The highest BCUT2D eigenvalue weighted by molar-refractivity contribution is 9.14. The molecule has 0 spiro atoms. The molecule has 0 aliphatic carbocycles. The summed E-state index contributed by atoms with van der Waals surface area (Å²) < 4.78 is 9.54. The van der Waals surface area contributed by atoms with Crippen LogP contribution >= 0.6 is 63.7 Å². The third-order valence-corrected chi connectivity index (χ3v) is 7.06. The monoisotopic (exact) mass is 492 g/mol. The quantitative estimate of drug-likeness (QED) is 0.463. The van der Waals surface area contributed by atoms with Crippen molar-refractivity contribution in [3.05, 3.63) is 29.0 Å². The van der Waals surface area contributed by atoms with E-state index in [1.165, 1.54) is 0 Å². The minimum Gasteiger partial charge on any atom is -0.396 e. The fourth-order valence-corrected chi connectivity index (χ4v) is 3.88. The van der Waals surface area contributed by atoms with Gasteiger partial charge in [0.25, 0.3) is 0 Å². The first kappa shape index (κ1) is 16.1. The number of aliphatic hydroxyl groups is 1. The molecule has 1 aromatic rings. The van der Waals surface area contributed by atoms with Crippen molar-refractivity contribution in [2.45, 2.75) is 20.0 Å². The number of hydrogen-bond acceptors (Lipinski definition) is 2. The van der Waals surface area contributed by atoms with E-state index >= 15 is 0 Å². The average Bonchev–Trinajstić information content (AvgIpc) is 2.33. The number of ether oxygens (including phenoxy) is 1. The molecule has 0 aliphatic heterocycles. The molecule has 1 aromatic carbocycles. The molecule has 2 nitrogen and oxygen atoms in total. The van der Waals surface area contributed by atoms with Crippen molar-refractivity contribution in [1.82, 2.24) is 0 Å². The Morgan fingerprint density at radius 3 is 2.00 bits per heavy atom. The summed E-state index contributed by atoms with van der Waals surface area (Å²) in [4.78, 5) is 0. The van der Waals surface area contributed by atoms with Crippen LogP contribution in [-0.4, -0.2) is 18.3 Å². The van der Waals surface area contributed by atoms with E-state index in [-0.39, 0.29) is 6.61 Å². The van der Waals surface area contributed by atoms with Gasteiger partial charge in [-0.1, -0.05) is 0 Å². The van der Waals surface area contributed by atoms with E-state index in [4.69, 9.17) is 9.84 Å². The topological polar surface area (TPSA) is 29.5 Å². The van der Waals surface area contributed by atoms with E-state index in [2.05, 4.69) is 63.7 Å². The van der Waals surface area contributed by atoms with Crippen molar-refractivity contribution >= 4 is 63.7 Å². The Morgan fingerprint density at radius 1 is 1.00 bits per heavy atom. The summed E-state index contributed by atoms with van der Waals surface area (Å²) in [7, 11) is 0.